The van der Waals surface area contributed by atoms with Gasteiger partial charge in [-0.3, -0.25) is 4.90 Å². The zero-order chi connectivity index (χ0) is 28.2. The van der Waals surface area contributed by atoms with Crippen LogP contribution in [0.25, 0.3) is 0 Å². The van der Waals surface area contributed by atoms with Gasteiger partial charge in [0.25, 0.3) is 0 Å². The molecule has 0 aliphatic carbocycles. The van der Waals surface area contributed by atoms with Gasteiger partial charge >= 0.3 is 6.03 Å². The molecule has 6 nitrogen and oxygen atoms in total. The number of likely N-dealkylation sites (N-methyl/N-ethyl adjacent to an activating group) is 1. The van der Waals surface area contributed by atoms with E-state index < -0.39 is 17.5 Å². The highest BCUT2D eigenvalue weighted by Crippen LogP contribution is 2.33. The van der Waals surface area contributed by atoms with Crippen LogP contribution in [0.1, 0.15) is 35.4 Å². The standard InChI is InChI=1S/C31H35F3N4O2.2ClH/c1-21-3-6-24(35-31(39)38-15-13-36(2)14-16-38)17-26(21)23-9-11-37(12-10-23)20-22-4-7-25(8-5-22)40-30-19-28(33)27(32)18-29(30)34;;/h3-8,17-19,23H,9-16,20H2,1-2H3,(H,35,39);2*1H. The predicted molar refractivity (Wildman–Crippen MR) is 164 cm³/mol. The third-order valence-corrected chi connectivity index (χ3v) is 7.88. The number of ether oxygens (including phenoxy) is 1. The number of aryl methyl sites for hydroxylation is 1. The van der Waals surface area contributed by atoms with Crippen LogP contribution >= 0.6 is 24.8 Å². The van der Waals surface area contributed by atoms with Crippen molar-refractivity contribution >= 4 is 36.5 Å². The van der Waals surface area contributed by atoms with E-state index in [4.69, 9.17) is 4.74 Å². The third-order valence-electron chi connectivity index (χ3n) is 7.88. The van der Waals surface area contributed by atoms with Crippen molar-refractivity contribution in [2.75, 3.05) is 51.6 Å². The molecule has 2 saturated heterocycles. The smallest absolute Gasteiger partial charge is 0.321 e. The average molecular weight is 626 g/mol. The van der Waals surface area contributed by atoms with E-state index in [1.54, 1.807) is 12.1 Å². The summed E-state index contributed by atoms with van der Waals surface area (Å²) in [6.07, 6.45) is 2.04. The number of piperidine rings is 1. The summed E-state index contributed by atoms with van der Waals surface area (Å²) in [7, 11) is 2.07. The van der Waals surface area contributed by atoms with Crippen molar-refractivity contribution < 1.29 is 22.7 Å². The summed E-state index contributed by atoms with van der Waals surface area (Å²) in [4.78, 5) is 19.3. The number of likely N-dealkylation sites (tertiary alicyclic amines) is 1. The minimum atomic E-state index is -1.25. The molecule has 11 heteroatoms. The first-order valence-electron chi connectivity index (χ1n) is 13.7. The second-order valence-corrected chi connectivity index (χ2v) is 10.8. The van der Waals surface area contributed by atoms with Crippen molar-refractivity contribution in [1.29, 1.82) is 0 Å². The van der Waals surface area contributed by atoms with E-state index in [1.165, 1.54) is 11.1 Å². The molecule has 0 spiro atoms. The molecule has 0 atom stereocenters. The molecule has 0 saturated carbocycles. The number of rotatable bonds is 6. The van der Waals surface area contributed by atoms with Crippen molar-refractivity contribution in [3.05, 3.63) is 88.7 Å². The maximum absolute atomic E-state index is 13.9. The van der Waals surface area contributed by atoms with Gasteiger partial charge in [-0.1, -0.05) is 18.2 Å². The lowest BCUT2D eigenvalue weighted by Crippen LogP contribution is -2.48. The molecule has 3 aromatic rings. The quantitative estimate of drug-likeness (QED) is 0.295. The highest BCUT2D eigenvalue weighted by atomic mass is 35.5. The second-order valence-electron chi connectivity index (χ2n) is 10.8. The van der Waals surface area contributed by atoms with Gasteiger partial charge in [-0.15, -0.1) is 24.8 Å². The highest BCUT2D eigenvalue weighted by Gasteiger charge is 2.24. The molecular formula is C31H37Cl2F3N4O2. The van der Waals surface area contributed by atoms with Crippen LogP contribution in [0.15, 0.2) is 54.6 Å². The Balaban J connectivity index is 0.00000242. The number of hydrogen-bond donors (Lipinski definition) is 1. The molecule has 2 aliphatic rings. The number of piperazine rings is 1. The zero-order valence-electron chi connectivity index (χ0n) is 23.7. The maximum atomic E-state index is 13.9. The third kappa shape index (κ3) is 8.31. The first-order valence-corrected chi connectivity index (χ1v) is 13.7. The Hall–Kier alpha value is -2.98. The van der Waals surface area contributed by atoms with Crippen molar-refractivity contribution in [3.8, 4) is 11.5 Å². The number of benzene rings is 3. The van der Waals surface area contributed by atoms with Crippen LogP contribution in [0.3, 0.4) is 0 Å². The van der Waals surface area contributed by atoms with Gasteiger partial charge in [0.2, 0.25) is 0 Å². The van der Waals surface area contributed by atoms with Crippen LogP contribution in [-0.4, -0.2) is 67.0 Å². The van der Waals surface area contributed by atoms with Gasteiger partial charge in [-0.05, 0) is 86.8 Å². The van der Waals surface area contributed by atoms with Crippen LogP contribution in [0.2, 0.25) is 0 Å². The Bertz CT molecular complexity index is 1350. The van der Waals surface area contributed by atoms with Gasteiger partial charge in [0.1, 0.15) is 5.75 Å². The summed E-state index contributed by atoms with van der Waals surface area (Å²) in [6.45, 7) is 8.04. The average Bonchev–Trinajstić information content (AvgIpc) is 2.94. The molecule has 228 valence electrons. The van der Waals surface area contributed by atoms with Gasteiger partial charge in [-0.25, -0.2) is 18.0 Å². The number of hydrogen-bond acceptors (Lipinski definition) is 4. The van der Waals surface area contributed by atoms with E-state index in [0.717, 1.165) is 69.9 Å². The topological polar surface area (TPSA) is 48.1 Å². The summed E-state index contributed by atoms with van der Waals surface area (Å²) >= 11 is 0. The molecule has 2 heterocycles. The molecule has 5 rings (SSSR count). The summed E-state index contributed by atoms with van der Waals surface area (Å²) in [6, 6.07) is 14.6. The Morgan fingerprint density at radius 3 is 2.17 bits per heavy atom. The van der Waals surface area contributed by atoms with Crippen LogP contribution in [0.4, 0.5) is 23.7 Å². The number of urea groups is 1. The number of nitrogens with one attached hydrogen (secondary N) is 1. The highest BCUT2D eigenvalue weighted by molar-refractivity contribution is 5.89. The van der Waals surface area contributed by atoms with E-state index in [9.17, 15) is 18.0 Å². The molecule has 2 fully saturated rings. The molecule has 0 aromatic heterocycles. The normalized spacial score (nSPS) is 16.4. The summed E-state index contributed by atoms with van der Waals surface area (Å²) in [5, 5.41) is 3.09. The lowest BCUT2D eigenvalue weighted by atomic mass is 9.86. The van der Waals surface area contributed by atoms with Gasteiger partial charge in [0, 0.05) is 50.5 Å². The van der Waals surface area contributed by atoms with Crippen molar-refractivity contribution in [1.82, 2.24) is 14.7 Å². The molecule has 1 N–H and O–H groups in total. The number of nitrogens with zero attached hydrogens (tertiary/aromatic N) is 3. The molecule has 3 aromatic carbocycles. The molecule has 0 bridgehead atoms. The lowest BCUT2D eigenvalue weighted by Gasteiger charge is -2.33. The summed E-state index contributed by atoms with van der Waals surface area (Å²) in [5.41, 5.74) is 4.46. The largest absolute Gasteiger partial charge is 0.454 e. The Morgan fingerprint density at radius 2 is 1.50 bits per heavy atom. The molecular weight excluding hydrogens is 588 g/mol. The molecule has 2 aliphatic heterocycles. The Labute approximate surface area is 257 Å². The number of halogens is 5. The van der Waals surface area contributed by atoms with Crippen molar-refractivity contribution in [3.63, 3.8) is 0 Å². The number of carbonyl (C=O) groups excluding carboxylic acids is 1. The fourth-order valence-corrected chi connectivity index (χ4v) is 5.40. The maximum Gasteiger partial charge on any atom is 0.321 e. The zero-order valence-corrected chi connectivity index (χ0v) is 25.4. The van der Waals surface area contributed by atoms with Crippen LogP contribution in [0, 0.1) is 24.4 Å². The minimum absolute atomic E-state index is 0. The Morgan fingerprint density at radius 1 is 0.857 bits per heavy atom. The van der Waals surface area contributed by atoms with Crippen molar-refractivity contribution in [2.24, 2.45) is 0 Å². The number of amides is 2. The molecule has 42 heavy (non-hydrogen) atoms. The fraction of sp³-hybridized carbons (Fsp3) is 0.387. The van der Waals surface area contributed by atoms with E-state index in [-0.39, 0.29) is 36.6 Å². The lowest BCUT2D eigenvalue weighted by molar-refractivity contribution is 0.164. The molecule has 0 radical (unpaired) electrons. The monoisotopic (exact) mass is 624 g/mol. The van der Waals surface area contributed by atoms with Crippen LogP contribution in [-0.2, 0) is 6.54 Å². The number of carbonyl (C=O) groups is 1. The molecule has 0 unspecified atom stereocenters. The van der Waals surface area contributed by atoms with Gasteiger partial charge in [-0.2, -0.15) is 0 Å². The first-order chi connectivity index (χ1) is 19.2. The number of anilines is 1. The van der Waals surface area contributed by atoms with E-state index >= 15 is 0 Å². The van der Waals surface area contributed by atoms with Crippen molar-refractivity contribution in [2.45, 2.75) is 32.2 Å². The fourth-order valence-electron chi connectivity index (χ4n) is 5.40. The van der Waals surface area contributed by atoms with Gasteiger partial charge < -0.3 is 19.9 Å². The summed E-state index contributed by atoms with van der Waals surface area (Å²) < 4.78 is 45.9. The first kappa shape index (κ1) is 33.5. The van der Waals surface area contributed by atoms with E-state index in [1.807, 2.05) is 23.1 Å². The second kappa shape index (κ2) is 15.0. The van der Waals surface area contributed by atoms with E-state index in [2.05, 4.69) is 41.2 Å². The Kier molecular flexibility index (Phi) is 11.9. The van der Waals surface area contributed by atoms with Crippen LogP contribution in [0.5, 0.6) is 11.5 Å². The van der Waals surface area contributed by atoms with E-state index in [0.29, 0.717) is 23.8 Å². The molecule has 2 amide bonds. The summed E-state index contributed by atoms with van der Waals surface area (Å²) in [5.74, 6) is -2.94. The SMILES string of the molecule is Cc1ccc(NC(=O)N2CCN(C)CC2)cc1C1CCN(Cc2ccc(Oc3cc(F)c(F)cc3F)cc2)CC1.Cl.Cl. The van der Waals surface area contributed by atoms with Crippen LogP contribution < -0.4 is 10.1 Å². The van der Waals surface area contributed by atoms with Gasteiger partial charge in [0.05, 0.1) is 0 Å². The predicted octanol–water partition coefficient (Wildman–Crippen LogP) is 7.21. The minimum Gasteiger partial charge on any atom is -0.454 e. The van der Waals surface area contributed by atoms with Gasteiger partial charge in [0.15, 0.2) is 23.2 Å².